The maximum atomic E-state index is 3.66. The molecule has 1 rings (SSSR count). The summed E-state index contributed by atoms with van der Waals surface area (Å²) in [6.07, 6.45) is 9.84. The molecule has 0 aromatic rings. The molecule has 0 aromatic carbocycles. The summed E-state index contributed by atoms with van der Waals surface area (Å²) in [5, 5.41) is 3.66. The highest BCUT2D eigenvalue weighted by molar-refractivity contribution is 4.73. The topological polar surface area (TPSA) is 12.0 Å². The molecule has 78 valence electrons. The van der Waals surface area contributed by atoms with Crippen LogP contribution in [0.2, 0.25) is 0 Å². The van der Waals surface area contributed by atoms with Crippen molar-refractivity contribution in [2.75, 3.05) is 6.54 Å². The molecule has 0 aromatic heterocycles. The first-order valence-corrected chi connectivity index (χ1v) is 6.06. The first-order chi connectivity index (χ1) is 6.33. The zero-order chi connectivity index (χ0) is 9.52. The molecule has 0 heterocycles. The van der Waals surface area contributed by atoms with Crippen molar-refractivity contribution in [1.82, 2.24) is 5.32 Å². The van der Waals surface area contributed by atoms with Gasteiger partial charge in [-0.05, 0) is 38.1 Å². The molecule has 1 fully saturated rings. The Bertz CT molecular complexity index is 116. The monoisotopic (exact) mass is 183 g/mol. The molecule has 1 saturated carbocycles. The molecule has 1 atom stereocenters. The largest absolute Gasteiger partial charge is 0.314 e. The summed E-state index contributed by atoms with van der Waals surface area (Å²) in [5.41, 5.74) is 0. The second-order valence-corrected chi connectivity index (χ2v) is 4.59. The summed E-state index contributed by atoms with van der Waals surface area (Å²) in [4.78, 5) is 0. The summed E-state index contributed by atoms with van der Waals surface area (Å²) in [6.45, 7) is 5.89. The van der Waals surface area contributed by atoms with Gasteiger partial charge in [0.1, 0.15) is 0 Å². The van der Waals surface area contributed by atoms with Gasteiger partial charge in [0.05, 0.1) is 0 Å². The third-order valence-electron chi connectivity index (χ3n) is 3.36. The quantitative estimate of drug-likeness (QED) is 0.623. The van der Waals surface area contributed by atoms with E-state index in [1.807, 2.05) is 0 Å². The van der Waals surface area contributed by atoms with Crippen LogP contribution >= 0.6 is 0 Å². The minimum Gasteiger partial charge on any atom is -0.314 e. The van der Waals surface area contributed by atoms with E-state index in [2.05, 4.69) is 19.2 Å². The molecule has 0 saturated heterocycles. The molecule has 1 nitrogen and oxygen atoms in total. The van der Waals surface area contributed by atoms with Gasteiger partial charge < -0.3 is 5.32 Å². The van der Waals surface area contributed by atoms with Crippen molar-refractivity contribution in [3.8, 4) is 0 Å². The number of nitrogens with one attached hydrogen (secondary N) is 1. The fraction of sp³-hybridized carbons (Fsp3) is 1.00. The Morgan fingerprint density at radius 1 is 1.31 bits per heavy atom. The van der Waals surface area contributed by atoms with Crippen LogP contribution in [0.1, 0.15) is 58.8 Å². The van der Waals surface area contributed by atoms with E-state index in [0.717, 1.165) is 12.0 Å². The lowest BCUT2D eigenvalue weighted by Gasteiger charge is -2.13. The summed E-state index contributed by atoms with van der Waals surface area (Å²) >= 11 is 0. The molecule has 1 aliphatic carbocycles. The average molecular weight is 183 g/mol. The Hall–Kier alpha value is -0.0400. The van der Waals surface area contributed by atoms with E-state index >= 15 is 0 Å². The fourth-order valence-electron chi connectivity index (χ4n) is 2.09. The molecule has 0 spiro atoms. The van der Waals surface area contributed by atoms with Gasteiger partial charge in [0.2, 0.25) is 0 Å². The lowest BCUT2D eigenvalue weighted by molar-refractivity contribution is 0.453. The summed E-state index contributed by atoms with van der Waals surface area (Å²) in [6, 6.07) is 0.858. The van der Waals surface area contributed by atoms with Crippen LogP contribution in [0.4, 0.5) is 0 Å². The first kappa shape index (κ1) is 11.0. The molecule has 1 N–H and O–H groups in total. The lowest BCUT2D eigenvalue weighted by Crippen LogP contribution is -2.27. The van der Waals surface area contributed by atoms with Gasteiger partial charge in [0.15, 0.2) is 0 Å². The van der Waals surface area contributed by atoms with Gasteiger partial charge in [0.25, 0.3) is 0 Å². The highest BCUT2D eigenvalue weighted by Gasteiger charge is 2.13. The van der Waals surface area contributed by atoms with Gasteiger partial charge in [-0.3, -0.25) is 0 Å². The summed E-state index contributed by atoms with van der Waals surface area (Å²) in [5.74, 6) is 0.922. The molecular weight excluding hydrogens is 158 g/mol. The Morgan fingerprint density at radius 3 is 2.62 bits per heavy atom. The van der Waals surface area contributed by atoms with E-state index in [4.69, 9.17) is 0 Å². The Labute approximate surface area is 83.3 Å². The fourth-order valence-corrected chi connectivity index (χ4v) is 2.09. The second-order valence-electron chi connectivity index (χ2n) is 4.59. The molecule has 0 radical (unpaired) electrons. The van der Waals surface area contributed by atoms with Crippen molar-refractivity contribution in [3.05, 3.63) is 0 Å². The van der Waals surface area contributed by atoms with Gasteiger partial charge in [0, 0.05) is 6.04 Å². The SMILES string of the molecule is CCC(C)CCCNC1CCCC1. The molecule has 0 bridgehead atoms. The van der Waals surface area contributed by atoms with Crippen molar-refractivity contribution in [2.45, 2.75) is 64.8 Å². The van der Waals surface area contributed by atoms with E-state index < -0.39 is 0 Å². The smallest absolute Gasteiger partial charge is 0.00670 e. The van der Waals surface area contributed by atoms with E-state index in [1.54, 1.807) is 0 Å². The molecule has 0 amide bonds. The van der Waals surface area contributed by atoms with Crippen molar-refractivity contribution in [3.63, 3.8) is 0 Å². The van der Waals surface area contributed by atoms with Gasteiger partial charge in [-0.2, -0.15) is 0 Å². The van der Waals surface area contributed by atoms with Crippen LogP contribution in [0.3, 0.4) is 0 Å². The van der Waals surface area contributed by atoms with Crippen molar-refractivity contribution in [2.24, 2.45) is 5.92 Å². The Morgan fingerprint density at radius 2 is 2.00 bits per heavy atom. The zero-order valence-corrected chi connectivity index (χ0v) is 9.31. The van der Waals surface area contributed by atoms with Crippen molar-refractivity contribution >= 4 is 0 Å². The number of hydrogen-bond acceptors (Lipinski definition) is 1. The van der Waals surface area contributed by atoms with Crippen LogP contribution in [0.5, 0.6) is 0 Å². The Balaban J connectivity index is 1.88. The molecule has 13 heavy (non-hydrogen) atoms. The number of hydrogen-bond donors (Lipinski definition) is 1. The van der Waals surface area contributed by atoms with Crippen LogP contribution in [0.15, 0.2) is 0 Å². The van der Waals surface area contributed by atoms with Crippen LogP contribution in [0.25, 0.3) is 0 Å². The van der Waals surface area contributed by atoms with E-state index in [-0.39, 0.29) is 0 Å². The minimum absolute atomic E-state index is 0.858. The van der Waals surface area contributed by atoms with E-state index in [1.165, 1.54) is 51.5 Å². The van der Waals surface area contributed by atoms with E-state index in [9.17, 15) is 0 Å². The maximum Gasteiger partial charge on any atom is 0.00670 e. The van der Waals surface area contributed by atoms with Crippen molar-refractivity contribution in [1.29, 1.82) is 0 Å². The predicted molar refractivity (Wildman–Crippen MR) is 58.9 cm³/mol. The second kappa shape index (κ2) is 6.42. The molecule has 0 aliphatic heterocycles. The maximum absolute atomic E-state index is 3.66. The zero-order valence-electron chi connectivity index (χ0n) is 9.31. The van der Waals surface area contributed by atoms with E-state index in [0.29, 0.717) is 0 Å². The van der Waals surface area contributed by atoms with Crippen LogP contribution in [0, 0.1) is 5.92 Å². The standard InChI is InChI=1S/C12H25N/c1-3-11(2)7-6-10-13-12-8-4-5-9-12/h11-13H,3-10H2,1-2H3. The molecule has 1 aliphatic rings. The Kier molecular flexibility index (Phi) is 5.45. The van der Waals surface area contributed by atoms with Gasteiger partial charge >= 0.3 is 0 Å². The minimum atomic E-state index is 0.858. The summed E-state index contributed by atoms with van der Waals surface area (Å²) < 4.78 is 0. The first-order valence-electron chi connectivity index (χ1n) is 6.06. The molecular formula is C12H25N. The predicted octanol–water partition coefficient (Wildman–Crippen LogP) is 3.34. The number of rotatable bonds is 6. The van der Waals surface area contributed by atoms with Gasteiger partial charge in [-0.15, -0.1) is 0 Å². The molecule has 1 heteroatoms. The highest BCUT2D eigenvalue weighted by atomic mass is 14.9. The summed E-state index contributed by atoms with van der Waals surface area (Å²) in [7, 11) is 0. The van der Waals surface area contributed by atoms with Crippen molar-refractivity contribution < 1.29 is 0 Å². The van der Waals surface area contributed by atoms with Crippen LogP contribution in [-0.4, -0.2) is 12.6 Å². The third-order valence-corrected chi connectivity index (χ3v) is 3.36. The highest BCUT2D eigenvalue weighted by Crippen LogP contribution is 2.17. The third kappa shape index (κ3) is 4.66. The lowest BCUT2D eigenvalue weighted by atomic mass is 10.0. The normalized spacial score (nSPS) is 20.8. The average Bonchev–Trinajstić information content (AvgIpc) is 2.64. The van der Waals surface area contributed by atoms with Gasteiger partial charge in [-0.25, -0.2) is 0 Å². The van der Waals surface area contributed by atoms with Crippen LogP contribution in [-0.2, 0) is 0 Å². The van der Waals surface area contributed by atoms with Gasteiger partial charge in [-0.1, -0.05) is 33.1 Å². The molecule has 1 unspecified atom stereocenters. The van der Waals surface area contributed by atoms with Crippen LogP contribution < -0.4 is 5.32 Å².